The van der Waals surface area contributed by atoms with Gasteiger partial charge in [-0.2, -0.15) is 0 Å². The first-order chi connectivity index (χ1) is 7.67. The van der Waals surface area contributed by atoms with E-state index in [9.17, 15) is 0 Å². The molecular weight excluding hydrogens is 238 g/mol. The summed E-state index contributed by atoms with van der Waals surface area (Å²) in [7, 11) is 0. The zero-order chi connectivity index (χ0) is 11.6. The molecule has 90 valence electrons. The van der Waals surface area contributed by atoms with Crippen molar-refractivity contribution < 1.29 is 0 Å². The van der Waals surface area contributed by atoms with Crippen molar-refractivity contribution in [2.24, 2.45) is 5.92 Å². The first kappa shape index (κ1) is 12.4. The van der Waals surface area contributed by atoms with Gasteiger partial charge in [0.2, 0.25) is 0 Å². The maximum atomic E-state index is 6.33. The Morgan fingerprint density at radius 3 is 2.81 bits per heavy atom. The molecule has 0 aromatic carbocycles. The topological polar surface area (TPSA) is 12.0 Å². The summed E-state index contributed by atoms with van der Waals surface area (Å²) in [5.41, 5.74) is 0.113. The van der Waals surface area contributed by atoms with Crippen molar-refractivity contribution in [2.45, 2.75) is 45.1 Å². The van der Waals surface area contributed by atoms with E-state index >= 15 is 0 Å². The Hall–Kier alpha value is -0.0500. The van der Waals surface area contributed by atoms with Gasteiger partial charge in [0.1, 0.15) is 0 Å². The molecule has 1 aliphatic heterocycles. The second-order valence-electron chi connectivity index (χ2n) is 4.96. The highest BCUT2D eigenvalue weighted by Crippen LogP contribution is 2.42. The minimum atomic E-state index is 0.113. The molecule has 3 heteroatoms. The van der Waals surface area contributed by atoms with Crippen LogP contribution in [0, 0.1) is 5.92 Å². The van der Waals surface area contributed by atoms with E-state index in [1.807, 2.05) is 6.07 Å². The van der Waals surface area contributed by atoms with Crippen molar-refractivity contribution in [1.82, 2.24) is 5.32 Å². The van der Waals surface area contributed by atoms with E-state index < -0.39 is 0 Å². The van der Waals surface area contributed by atoms with Crippen LogP contribution in [0.25, 0.3) is 0 Å². The molecule has 1 nitrogen and oxygen atoms in total. The SMILES string of the molecule is CC(C)C1(c2sccc2Cl)CCCCCN1. The fourth-order valence-corrected chi connectivity index (χ4v) is 4.25. The molecule has 1 saturated heterocycles. The fourth-order valence-electron chi connectivity index (χ4n) is 2.67. The lowest BCUT2D eigenvalue weighted by atomic mass is 9.81. The molecule has 1 N–H and O–H groups in total. The highest BCUT2D eigenvalue weighted by molar-refractivity contribution is 7.10. The van der Waals surface area contributed by atoms with Gasteiger partial charge >= 0.3 is 0 Å². The molecule has 0 amide bonds. The van der Waals surface area contributed by atoms with E-state index in [-0.39, 0.29) is 5.54 Å². The number of hydrogen-bond acceptors (Lipinski definition) is 2. The van der Waals surface area contributed by atoms with Gasteiger partial charge in [-0.25, -0.2) is 0 Å². The van der Waals surface area contributed by atoms with Gasteiger partial charge in [-0.05, 0) is 36.8 Å². The van der Waals surface area contributed by atoms with Crippen LogP contribution in [0.4, 0.5) is 0 Å². The Balaban J connectivity index is 2.38. The zero-order valence-corrected chi connectivity index (χ0v) is 11.6. The average molecular weight is 258 g/mol. The summed E-state index contributed by atoms with van der Waals surface area (Å²) in [5, 5.41) is 6.81. The molecule has 0 spiro atoms. The van der Waals surface area contributed by atoms with Gasteiger partial charge in [0.15, 0.2) is 0 Å². The van der Waals surface area contributed by atoms with Crippen LogP contribution in [-0.2, 0) is 5.54 Å². The monoisotopic (exact) mass is 257 g/mol. The van der Waals surface area contributed by atoms with Crippen molar-refractivity contribution in [3.8, 4) is 0 Å². The summed E-state index contributed by atoms with van der Waals surface area (Å²) >= 11 is 8.13. The summed E-state index contributed by atoms with van der Waals surface area (Å²) in [5.74, 6) is 0.585. The molecule has 1 aliphatic rings. The van der Waals surface area contributed by atoms with Crippen LogP contribution in [0.3, 0.4) is 0 Å². The highest BCUT2D eigenvalue weighted by atomic mass is 35.5. The first-order valence-corrected chi connectivity index (χ1v) is 7.41. The van der Waals surface area contributed by atoms with Crippen LogP contribution < -0.4 is 5.32 Å². The molecule has 1 aromatic rings. The van der Waals surface area contributed by atoms with Crippen LogP contribution in [0.5, 0.6) is 0 Å². The molecule has 1 aromatic heterocycles. The van der Waals surface area contributed by atoms with Gasteiger partial charge in [0, 0.05) is 4.88 Å². The van der Waals surface area contributed by atoms with Crippen LogP contribution in [0.15, 0.2) is 11.4 Å². The first-order valence-electron chi connectivity index (χ1n) is 6.15. The normalized spacial score (nSPS) is 27.0. The number of halogens is 1. The van der Waals surface area contributed by atoms with Gasteiger partial charge < -0.3 is 5.32 Å². The molecule has 1 unspecified atom stereocenters. The number of thiophene rings is 1. The summed E-state index contributed by atoms with van der Waals surface area (Å²) in [6.07, 6.45) is 5.15. The quantitative estimate of drug-likeness (QED) is 0.827. The zero-order valence-electron chi connectivity index (χ0n) is 10.1. The molecule has 0 bridgehead atoms. The van der Waals surface area contributed by atoms with Crippen LogP contribution in [-0.4, -0.2) is 6.54 Å². The highest BCUT2D eigenvalue weighted by Gasteiger charge is 2.38. The van der Waals surface area contributed by atoms with Gasteiger partial charge in [0.05, 0.1) is 10.6 Å². The Kier molecular flexibility index (Phi) is 3.93. The van der Waals surface area contributed by atoms with Crippen LogP contribution in [0.2, 0.25) is 5.02 Å². The molecule has 2 heterocycles. The van der Waals surface area contributed by atoms with Gasteiger partial charge in [-0.1, -0.05) is 38.3 Å². The lowest BCUT2D eigenvalue weighted by Gasteiger charge is -2.37. The van der Waals surface area contributed by atoms with Crippen molar-refractivity contribution in [3.05, 3.63) is 21.3 Å². The second-order valence-corrected chi connectivity index (χ2v) is 6.28. The molecular formula is C13H20ClNS. The summed E-state index contributed by atoms with van der Waals surface area (Å²) in [4.78, 5) is 1.34. The van der Waals surface area contributed by atoms with Crippen molar-refractivity contribution in [1.29, 1.82) is 0 Å². The molecule has 16 heavy (non-hydrogen) atoms. The van der Waals surface area contributed by atoms with Crippen molar-refractivity contribution in [2.75, 3.05) is 6.54 Å². The van der Waals surface area contributed by atoms with Gasteiger partial charge in [-0.15, -0.1) is 11.3 Å². The lowest BCUT2D eigenvalue weighted by Crippen LogP contribution is -2.45. The third-order valence-electron chi connectivity index (χ3n) is 3.70. The third-order valence-corrected chi connectivity index (χ3v) is 5.22. The maximum Gasteiger partial charge on any atom is 0.0567 e. The summed E-state index contributed by atoms with van der Waals surface area (Å²) in [6.45, 7) is 5.72. The van der Waals surface area contributed by atoms with E-state index in [2.05, 4.69) is 24.5 Å². The standard InChI is InChI=1S/C13H20ClNS/c1-10(2)13(7-4-3-5-8-15-13)12-11(14)6-9-16-12/h6,9-10,15H,3-5,7-8H2,1-2H3. The van der Waals surface area contributed by atoms with Crippen molar-refractivity contribution >= 4 is 22.9 Å². The van der Waals surface area contributed by atoms with Crippen LogP contribution in [0.1, 0.15) is 44.4 Å². The van der Waals surface area contributed by atoms with E-state index in [4.69, 9.17) is 11.6 Å². The summed E-state index contributed by atoms with van der Waals surface area (Å²) in [6, 6.07) is 2.03. The summed E-state index contributed by atoms with van der Waals surface area (Å²) < 4.78 is 0. The van der Waals surface area contributed by atoms with E-state index in [0.29, 0.717) is 5.92 Å². The fraction of sp³-hybridized carbons (Fsp3) is 0.692. The number of hydrogen-bond donors (Lipinski definition) is 1. The van der Waals surface area contributed by atoms with Crippen molar-refractivity contribution in [3.63, 3.8) is 0 Å². The van der Waals surface area contributed by atoms with Crippen LogP contribution >= 0.6 is 22.9 Å². The Labute approximate surface area is 107 Å². The minimum absolute atomic E-state index is 0.113. The molecule has 1 atom stereocenters. The lowest BCUT2D eigenvalue weighted by molar-refractivity contribution is 0.236. The molecule has 0 aliphatic carbocycles. The smallest absolute Gasteiger partial charge is 0.0567 e. The molecule has 0 saturated carbocycles. The second kappa shape index (κ2) is 5.07. The van der Waals surface area contributed by atoms with Gasteiger partial charge in [-0.3, -0.25) is 0 Å². The number of nitrogens with one attached hydrogen (secondary N) is 1. The maximum absolute atomic E-state index is 6.33. The van der Waals surface area contributed by atoms with E-state index in [0.717, 1.165) is 11.6 Å². The van der Waals surface area contributed by atoms with Gasteiger partial charge in [0.25, 0.3) is 0 Å². The average Bonchev–Trinajstić information content (AvgIpc) is 2.55. The van der Waals surface area contributed by atoms with E-state index in [1.165, 1.54) is 30.6 Å². The molecule has 0 radical (unpaired) electrons. The Morgan fingerprint density at radius 1 is 1.38 bits per heavy atom. The Bertz CT molecular complexity index is 337. The largest absolute Gasteiger partial charge is 0.306 e. The minimum Gasteiger partial charge on any atom is -0.306 e. The predicted octanol–water partition coefficient (Wildman–Crippen LogP) is 4.42. The number of rotatable bonds is 2. The molecule has 1 fully saturated rings. The van der Waals surface area contributed by atoms with E-state index in [1.54, 1.807) is 11.3 Å². The molecule has 2 rings (SSSR count). The Morgan fingerprint density at radius 2 is 2.19 bits per heavy atom. The third kappa shape index (κ3) is 2.15. The predicted molar refractivity (Wildman–Crippen MR) is 72.3 cm³/mol.